The molecule has 0 amide bonds. The van der Waals surface area contributed by atoms with E-state index in [4.69, 9.17) is 9.47 Å². The Kier molecular flexibility index (Phi) is 8.14. The monoisotopic (exact) mass is 345 g/mol. The van der Waals surface area contributed by atoms with Crippen molar-refractivity contribution in [2.45, 2.75) is 26.9 Å². The van der Waals surface area contributed by atoms with Crippen LogP contribution in [-0.4, -0.2) is 44.2 Å². The summed E-state index contributed by atoms with van der Waals surface area (Å²) in [6, 6.07) is 4.17. The molecule has 0 aliphatic rings. The van der Waals surface area contributed by atoms with E-state index >= 15 is 0 Å². The Labute approximate surface area is 129 Å². The summed E-state index contributed by atoms with van der Waals surface area (Å²) < 4.78 is 11.5. The van der Waals surface area contributed by atoms with Gasteiger partial charge in [0.1, 0.15) is 0 Å². The number of nitrogens with one attached hydrogen (secondary N) is 1. The number of rotatable bonds is 9. The third-order valence-corrected chi connectivity index (χ3v) is 3.46. The molecule has 1 rings (SSSR count). The van der Waals surface area contributed by atoms with Gasteiger partial charge >= 0.3 is 0 Å². The van der Waals surface area contributed by atoms with E-state index < -0.39 is 6.10 Å². The molecule has 1 atom stereocenters. The van der Waals surface area contributed by atoms with Crippen LogP contribution in [0.5, 0.6) is 0 Å². The molecular weight excluding hydrogens is 322 g/mol. The average Bonchev–Trinajstić information content (AvgIpc) is 2.37. The van der Waals surface area contributed by atoms with Crippen LogP contribution in [0.4, 0.5) is 5.69 Å². The van der Waals surface area contributed by atoms with Crippen molar-refractivity contribution in [1.29, 1.82) is 0 Å². The summed E-state index contributed by atoms with van der Waals surface area (Å²) >= 11 is 3.54. The van der Waals surface area contributed by atoms with Crippen molar-refractivity contribution in [3.05, 3.63) is 27.7 Å². The zero-order chi connectivity index (χ0) is 15.0. The van der Waals surface area contributed by atoms with Gasteiger partial charge in [-0.2, -0.15) is 0 Å². The van der Waals surface area contributed by atoms with Crippen molar-refractivity contribution in [2.75, 3.05) is 38.3 Å². The minimum absolute atomic E-state index is 0.308. The predicted molar refractivity (Wildman–Crippen MR) is 85.4 cm³/mol. The minimum Gasteiger partial charge on any atom is -0.389 e. The van der Waals surface area contributed by atoms with Gasteiger partial charge < -0.3 is 19.9 Å². The van der Waals surface area contributed by atoms with Crippen LogP contribution >= 0.6 is 15.9 Å². The second-order valence-corrected chi connectivity index (χ2v) is 5.60. The highest BCUT2D eigenvalue weighted by atomic mass is 79.9. The van der Waals surface area contributed by atoms with Crippen LogP contribution in [0.3, 0.4) is 0 Å². The standard InChI is InChI=1S/C15H24BrNO3/c1-4-19-5-6-20-10-13(18)9-17-15-12(3)7-11(2)8-14(15)16/h7-8,13,17-18H,4-6,9-10H2,1-3H3. The van der Waals surface area contributed by atoms with E-state index in [-0.39, 0.29) is 0 Å². The van der Waals surface area contributed by atoms with Crippen LogP contribution in [-0.2, 0) is 9.47 Å². The van der Waals surface area contributed by atoms with Crippen LogP contribution in [0, 0.1) is 13.8 Å². The predicted octanol–water partition coefficient (Wildman–Crippen LogP) is 2.89. The van der Waals surface area contributed by atoms with Crippen LogP contribution in [0.1, 0.15) is 18.1 Å². The van der Waals surface area contributed by atoms with Crippen LogP contribution in [0.2, 0.25) is 0 Å². The first kappa shape index (κ1) is 17.4. The number of aryl methyl sites for hydroxylation is 2. The maximum absolute atomic E-state index is 9.86. The molecule has 0 saturated carbocycles. The molecule has 0 radical (unpaired) electrons. The summed E-state index contributed by atoms with van der Waals surface area (Å²) in [5.74, 6) is 0. The Morgan fingerprint density at radius 2 is 1.95 bits per heavy atom. The summed E-state index contributed by atoms with van der Waals surface area (Å²) in [5.41, 5.74) is 3.38. The van der Waals surface area contributed by atoms with Gasteiger partial charge in [0, 0.05) is 17.6 Å². The lowest BCUT2D eigenvalue weighted by atomic mass is 10.1. The lowest BCUT2D eigenvalue weighted by molar-refractivity contribution is 0.0103. The Morgan fingerprint density at radius 1 is 1.25 bits per heavy atom. The van der Waals surface area contributed by atoms with Crippen molar-refractivity contribution < 1.29 is 14.6 Å². The van der Waals surface area contributed by atoms with Crippen LogP contribution in [0.15, 0.2) is 16.6 Å². The van der Waals surface area contributed by atoms with Gasteiger partial charge in [0.05, 0.1) is 31.6 Å². The Bertz CT molecular complexity index is 389. The molecule has 0 aromatic heterocycles. The lowest BCUT2D eigenvalue weighted by Gasteiger charge is -2.16. The van der Waals surface area contributed by atoms with Crippen molar-refractivity contribution in [3.63, 3.8) is 0 Å². The van der Waals surface area contributed by atoms with Crippen LogP contribution < -0.4 is 5.32 Å². The third-order valence-electron chi connectivity index (χ3n) is 2.83. The molecule has 1 unspecified atom stereocenters. The maximum Gasteiger partial charge on any atom is 0.0945 e. The summed E-state index contributed by atoms with van der Waals surface area (Å²) in [6.45, 7) is 8.58. The zero-order valence-electron chi connectivity index (χ0n) is 12.4. The van der Waals surface area contributed by atoms with E-state index in [0.29, 0.717) is 33.0 Å². The first-order valence-electron chi connectivity index (χ1n) is 6.88. The fraction of sp³-hybridized carbons (Fsp3) is 0.600. The number of ether oxygens (including phenoxy) is 2. The maximum atomic E-state index is 9.86. The third kappa shape index (κ3) is 6.22. The zero-order valence-corrected chi connectivity index (χ0v) is 14.0. The SMILES string of the molecule is CCOCCOCC(O)CNc1c(C)cc(C)cc1Br. The molecule has 114 valence electrons. The number of hydrogen-bond acceptors (Lipinski definition) is 4. The molecule has 0 aliphatic carbocycles. The quantitative estimate of drug-likeness (QED) is 0.675. The molecule has 0 heterocycles. The van der Waals surface area contributed by atoms with Crippen molar-refractivity contribution in [3.8, 4) is 0 Å². The van der Waals surface area contributed by atoms with Gasteiger partial charge in [-0.1, -0.05) is 6.07 Å². The normalized spacial score (nSPS) is 12.4. The van der Waals surface area contributed by atoms with E-state index in [1.54, 1.807) is 0 Å². The second kappa shape index (κ2) is 9.34. The Balaban J connectivity index is 2.32. The minimum atomic E-state index is -0.538. The fourth-order valence-corrected chi connectivity index (χ4v) is 2.71. The van der Waals surface area contributed by atoms with Gasteiger partial charge in [0.15, 0.2) is 0 Å². The van der Waals surface area contributed by atoms with Gasteiger partial charge in [0.25, 0.3) is 0 Å². The molecule has 0 saturated heterocycles. The van der Waals surface area contributed by atoms with E-state index in [1.807, 2.05) is 13.8 Å². The highest BCUT2D eigenvalue weighted by Crippen LogP contribution is 2.27. The van der Waals surface area contributed by atoms with E-state index in [1.165, 1.54) is 5.56 Å². The molecular formula is C15H24BrNO3. The van der Waals surface area contributed by atoms with Gasteiger partial charge in [-0.3, -0.25) is 0 Å². The fourth-order valence-electron chi connectivity index (χ4n) is 1.90. The highest BCUT2D eigenvalue weighted by Gasteiger charge is 2.08. The molecule has 0 aliphatic heterocycles. The molecule has 0 fully saturated rings. The van der Waals surface area contributed by atoms with Gasteiger partial charge in [0.2, 0.25) is 0 Å². The number of aliphatic hydroxyl groups is 1. The topological polar surface area (TPSA) is 50.7 Å². The summed E-state index contributed by atoms with van der Waals surface area (Å²) in [4.78, 5) is 0. The van der Waals surface area contributed by atoms with Crippen molar-refractivity contribution in [1.82, 2.24) is 0 Å². The Hall–Kier alpha value is -0.620. The smallest absolute Gasteiger partial charge is 0.0945 e. The number of benzene rings is 1. The molecule has 20 heavy (non-hydrogen) atoms. The van der Waals surface area contributed by atoms with E-state index in [0.717, 1.165) is 15.7 Å². The Morgan fingerprint density at radius 3 is 2.60 bits per heavy atom. The average molecular weight is 346 g/mol. The largest absolute Gasteiger partial charge is 0.389 e. The second-order valence-electron chi connectivity index (χ2n) is 4.75. The summed E-state index contributed by atoms with van der Waals surface area (Å²) in [5, 5.41) is 13.1. The van der Waals surface area contributed by atoms with E-state index in [9.17, 15) is 5.11 Å². The summed E-state index contributed by atoms with van der Waals surface area (Å²) in [6.07, 6.45) is -0.538. The molecule has 2 N–H and O–H groups in total. The van der Waals surface area contributed by atoms with Crippen molar-refractivity contribution in [2.24, 2.45) is 0 Å². The van der Waals surface area contributed by atoms with Gasteiger partial charge in [-0.05, 0) is 53.9 Å². The first-order valence-corrected chi connectivity index (χ1v) is 7.68. The van der Waals surface area contributed by atoms with E-state index in [2.05, 4.69) is 40.3 Å². The molecule has 0 bridgehead atoms. The summed E-state index contributed by atoms with van der Waals surface area (Å²) in [7, 11) is 0. The number of halogens is 1. The molecule has 1 aromatic rings. The lowest BCUT2D eigenvalue weighted by Crippen LogP contribution is -2.26. The molecule has 1 aromatic carbocycles. The van der Waals surface area contributed by atoms with Gasteiger partial charge in [-0.15, -0.1) is 0 Å². The number of hydrogen-bond donors (Lipinski definition) is 2. The number of anilines is 1. The van der Waals surface area contributed by atoms with Crippen LogP contribution in [0.25, 0.3) is 0 Å². The highest BCUT2D eigenvalue weighted by molar-refractivity contribution is 9.10. The first-order chi connectivity index (χ1) is 9.54. The van der Waals surface area contributed by atoms with Gasteiger partial charge in [-0.25, -0.2) is 0 Å². The molecule has 0 spiro atoms. The van der Waals surface area contributed by atoms with Crippen molar-refractivity contribution >= 4 is 21.6 Å². The molecule has 5 heteroatoms. The number of aliphatic hydroxyl groups excluding tert-OH is 1. The molecule has 4 nitrogen and oxygen atoms in total.